The van der Waals surface area contributed by atoms with Gasteiger partial charge in [0.05, 0.1) is 4.92 Å². The van der Waals surface area contributed by atoms with Crippen LogP contribution < -0.4 is 5.32 Å². The molecule has 0 spiro atoms. The second-order valence-electron chi connectivity index (χ2n) is 5.13. The molecule has 0 aliphatic heterocycles. The third kappa shape index (κ3) is 3.66. The van der Waals surface area contributed by atoms with Gasteiger partial charge in [-0.3, -0.25) is 10.1 Å². The van der Waals surface area contributed by atoms with Crippen molar-refractivity contribution in [1.82, 2.24) is 0 Å². The first kappa shape index (κ1) is 13.8. The maximum atomic E-state index is 13.7. The lowest BCUT2D eigenvalue weighted by Gasteiger charge is -2.16. The Morgan fingerprint density at radius 1 is 1.26 bits per heavy atom. The fourth-order valence-corrected chi connectivity index (χ4v) is 2.65. The highest BCUT2D eigenvalue weighted by Crippen LogP contribution is 2.29. The van der Waals surface area contributed by atoms with E-state index in [0.29, 0.717) is 12.5 Å². The summed E-state index contributed by atoms with van der Waals surface area (Å²) in [6, 6.07) is 3.95. The number of para-hydroxylation sites is 1. The lowest BCUT2D eigenvalue weighted by Crippen LogP contribution is -2.15. The number of nitrogens with one attached hydrogen (secondary N) is 1. The Bertz CT molecular complexity index is 443. The molecule has 0 unspecified atom stereocenters. The van der Waals surface area contributed by atoms with Crippen molar-refractivity contribution in [2.24, 2.45) is 5.92 Å². The highest BCUT2D eigenvalue weighted by Gasteiger charge is 2.19. The first-order chi connectivity index (χ1) is 9.18. The second-order valence-corrected chi connectivity index (χ2v) is 5.13. The van der Waals surface area contributed by atoms with Gasteiger partial charge in [0, 0.05) is 12.6 Å². The average molecular weight is 266 g/mol. The van der Waals surface area contributed by atoms with Crippen molar-refractivity contribution in [1.29, 1.82) is 0 Å². The van der Waals surface area contributed by atoms with Gasteiger partial charge in [0.25, 0.3) is 5.69 Å². The van der Waals surface area contributed by atoms with Gasteiger partial charge < -0.3 is 5.32 Å². The lowest BCUT2D eigenvalue weighted by atomic mass is 10.0. The van der Waals surface area contributed by atoms with E-state index in [1.54, 1.807) is 0 Å². The fourth-order valence-electron chi connectivity index (χ4n) is 2.65. The van der Waals surface area contributed by atoms with E-state index in [1.165, 1.54) is 43.9 Å². The molecule has 1 aliphatic rings. The first-order valence-electron chi connectivity index (χ1n) is 6.85. The molecule has 1 aromatic carbocycles. The molecule has 1 N–H and O–H groups in total. The van der Waals surface area contributed by atoms with Gasteiger partial charge >= 0.3 is 0 Å². The molecule has 1 aromatic rings. The van der Waals surface area contributed by atoms with Crippen LogP contribution in [0.25, 0.3) is 0 Å². The average Bonchev–Trinajstić information content (AvgIpc) is 2.65. The molecule has 19 heavy (non-hydrogen) atoms. The van der Waals surface area contributed by atoms with Gasteiger partial charge in [-0.05, 0) is 24.8 Å². The fraction of sp³-hybridized carbons (Fsp3) is 0.571. The molecule has 1 aliphatic carbocycles. The van der Waals surface area contributed by atoms with Crippen molar-refractivity contribution >= 4 is 11.4 Å². The van der Waals surface area contributed by atoms with E-state index in [9.17, 15) is 14.5 Å². The van der Waals surface area contributed by atoms with Gasteiger partial charge in [0.1, 0.15) is 5.69 Å². The number of nitro groups is 1. The Morgan fingerprint density at radius 2 is 1.95 bits per heavy atom. The van der Waals surface area contributed by atoms with Crippen molar-refractivity contribution in [2.75, 3.05) is 11.9 Å². The summed E-state index contributed by atoms with van der Waals surface area (Å²) in [4.78, 5) is 10.3. The predicted octanol–water partition coefficient (Wildman–Crippen LogP) is 4.12. The zero-order valence-electron chi connectivity index (χ0n) is 10.9. The van der Waals surface area contributed by atoms with E-state index in [-0.39, 0.29) is 11.4 Å². The normalized spacial score (nSPS) is 16.9. The number of nitro benzene ring substituents is 1. The summed E-state index contributed by atoms with van der Waals surface area (Å²) in [6.07, 6.45) is 7.16. The minimum Gasteiger partial charge on any atom is -0.377 e. The van der Waals surface area contributed by atoms with E-state index in [4.69, 9.17) is 0 Å². The van der Waals surface area contributed by atoms with E-state index in [2.05, 4.69) is 5.32 Å². The minimum absolute atomic E-state index is 0.0248. The molecule has 5 heteroatoms. The standard InChI is InChI=1S/C14H19FN2O2/c15-12-8-5-9-13(17(18)19)14(12)16-10-11-6-3-1-2-4-7-11/h5,8-9,11,16H,1-4,6-7,10H2. The summed E-state index contributed by atoms with van der Waals surface area (Å²) in [5, 5.41) is 13.8. The van der Waals surface area contributed by atoms with Gasteiger partial charge in [-0.1, -0.05) is 31.7 Å². The Hall–Kier alpha value is -1.65. The number of nitrogens with zero attached hydrogens (tertiary/aromatic N) is 1. The summed E-state index contributed by atoms with van der Waals surface area (Å²) in [6.45, 7) is 0.613. The maximum Gasteiger partial charge on any atom is 0.295 e. The number of hydrogen-bond donors (Lipinski definition) is 1. The van der Waals surface area contributed by atoms with Crippen LogP contribution in [-0.2, 0) is 0 Å². The molecule has 0 saturated heterocycles. The van der Waals surface area contributed by atoms with Crippen LogP contribution in [0.2, 0.25) is 0 Å². The zero-order valence-corrected chi connectivity index (χ0v) is 10.9. The molecular weight excluding hydrogens is 247 g/mol. The zero-order chi connectivity index (χ0) is 13.7. The molecule has 0 atom stereocenters. The van der Waals surface area contributed by atoms with Crippen LogP contribution in [-0.4, -0.2) is 11.5 Å². The largest absolute Gasteiger partial charge is 0.377 e. The van der Waals surface area contributed by atoms with Crippen LogP contribution in [0.4, 0.5) is 15.8 Å². The number of rotatable bonds is 4. The molecule has 0 bridgehead atoms. The molecule has 0 heterocycles. The highest BCUT2D eigenvalue weighted by molar-refractivity contribution is 5.62. The summed E-state index contributed by atoms with van der Waals surface area (Å²) < 4.78 is 13.7. The summed E-state index contributed by atoms with van der Waals surface area (Å²) in [5.74, 6) is -0.0652. The molecule has 1 fully saturated rings. The van der Waals surface area contributed by atoms with Gasteiger partial charge in [-0.2, -0.15) is 0 Å². The maximum absolute atomic E-state index is 13.7. The third-order valence-electron chi connectivity index (χ3n) is 3.73. The quantitative estimate of drug-likeness (QED) is 0.506. The second kappa shape index (κ2) is 6.50. The SMILES string of the molecule is O=[N+]([O-])c1cccc(F)c1NCC1CCCCCC1. The van der Waals surface area contributed by atoms with Crippen LogP contribution in [0, 0.1) is 21.8 Å². The number of halogens is 1. The van der Waals surface area contributed by atoms with Crippen molar-refractivity contribution in [3.05, 3.63) is 34.1 Å². The third-order valence-corrected chi connectivity index (χ3v) is 3.73. The summed E-state index contributed by atoms with van der Waals surface area (Å²) >= 11 is 0. The molecule has 4 nitrogen and oxygen atoms in total. The molecule has 1 saturated carbocycles. The monoisotopic (exact) mass is 266 g/mol. The smallest absolute Gasteiger partial charge is 0.295 e. The Balaban J connectivity index is 2.04. The molecular formula is C14H19FN2O2. The van der Waals surface area contributed by atoms with Crippen LogP contribution >= 0.6 is 0 Å². The van der Waals surface area contributed by atoms with Crippen LogP contribution in [0.15, 0.2) is 18.2 Å². The van der Waals surface area contributed by atoms with Gasteiger partial charge in [-0.15, -0.1) is 0 Å². The lowest BCUT2D eigenvalue weighted by molar-refractivity contribution is -0.384. The van der Waals surface area contributed by atoms with E-state index in [1.807, 2.05) is 0 Å². The van der Waals surface area contributed by atoms with E-state index < -0.39 is 10.7 Å². The van der Waals surface area contributed by atoms with Gasteiger partial charge in [-0.25, -0.2) is 4.39 Å². The highest BCUT2D eigenvalue weighted by atomic mass is 19.1. The van der Waals surface area contributed by atoms with Crippen molar-refractivity contribution < 1.29 is 9.31 Å². The van der Waals surface area contributed by atoms with Gasteiger partial charge in [0.15, 0.2) is 5.82 Å². The summed E-state index contributed by atoms with van der Waals surface area (Å²) in [5.41, 5.74) is -0.162. The first-order valence-corrected chi connectivity index (χ1v) is 6.85. The van der Waals surface area contributed by atoms with E-state index in [0.717, 1.165) is 12.8 Å². The van der Waals surface area contributed by atoms with Crippen molar-refractivity contribution in [2.45, 2.75) is 38.5 Å². The van der Waals surface area contributed by atoms with Crippen LogP contribution in [0.1, 0.15) is 38.5 Å². The molecule has 0 amide bonds. The Labute approximate surface area is 112 Å². The molecule has 2 rings (SSSR count). The van der Waals surface area contributed by atoms with Crippen LogP contribution in [0.3, 0.4) is 0 Å². The van der Waals surface area contributed by atoms with E-state index >= 15 is 0 Å². The molecule has 104 valence electrons. The number of benzene rings is 1. The van der Waals surface area contributed by atoms with Crippen LogP contribution in [0.5, 0.6) is 0 Å². The van der Waals surface area contributed by atoms with Gasteiger partial charge in [0.2, 0.25) is 0 Å². The molecule has 0 aromatic heterocycles. The summed E-state index contributed by atoms with van der Waals surface area (Å²) in [7, 11) is 0. The number of hydrogen-bond acceptors (Lipinski definition) is 3. The van der Waals surface area contributed by atoms with Crippen molar-refractivity contribution in [3.63, 3.8) is 0 Å². The predicted molar refractivity (Wildman–Crippen MR) is 72.7 cm³/mol. The Kier molecular flexibility index (Phi) is 4.71. The minimum atomic E-state index is -0.553. The molecule has 0 radical (unpaired) electrons. The topological polar surface area (TPSA) is 55.2 Å². The van der Waals surface area contributed by atoms with Crippen molar-refractivity contribution in [3.8, 4) is 0 Å². The number of anilines is 1. The Morgan fingerprint density at radius 3 is 2.58 bits per heavy atom.